The van der Waals surface area contributed by atoms with Crippen LogP contribution in [-0.4, -0.2) is 18.4 Å². The highest BCUT2D eigenvalue weighted by Crippen LogP contribution is 2.27. The van der Waals surface area contributed by atoms with Crippen molar-refractivity contribution in [3.63, 3.8) is 0 Å². The van der Waals surface area contributed by atoms with Crippen molar-refractivity contribution in [2.45, 2.75) is 53.9 Å². The first-order valence-electron chi connectivity index (χ1n) is 7.47. The van der Waals surface area contributed by atoms with Gasteiger partial charge in [0.1, 0.15) is 5.78 Å². The molecule has 0 saturated carbocycles. The first kappa shape index (κ1) is 17.4. The zero-order valence-corrected chi connectivity index (χ0v) is 13.8. The third kappa shape index (κ3) is 6.11. The summed E-state index contributed by atoms with van der Waals surface area (Å²) in [4.78, 5) is 23.8. The zero-order chi connectivity index (χ0) is 16.0. The molecule has 1 rings (SSSR count). The van der Waals surface area contributed by atoms with Crippen LogP contribution in [-0.2, 0) is 20.7 Å². The molecule has 0 heterocycles. The second kappa shape index (κ2) is 7.39. The van der Waals surface area contributed by atoms with Gasteiger partial charge in [-0.1, -0.05) is 37.6 Å². The Bertz CT molecular complexity index is 515. The molecule has 0 aromatic heterocycles. The van der Waals surface area contributed by atoms with Gasteiger partial charge in [-0.3, -0.25) is 9.59 Å². The second-order valence-corrected chi connectivity index (χ2v) is 6.47. The lowest BCUT2D eigenvalue weighted by molar-refractivity contribution is -0.145. The highest BCUT2D eigenvalue weighted by Gasteiger charge is 2.26. The number of ketones is 1. The van der Waals surface area contributed by atoms with E-state index in [1.807, 2.05) is 39.8 Å². The van der Waals surface area contributed by atoms with Gasteiger partial charge in [-0.25, -0.2) is 0 Å². The smallest absolute Gasteiger partial charge is 0.306 e. The molecule has 0 amide bonds. The second-order valence-electron chi connectivity index (χ2n) is 6.47. The summed E-state index contributed by atoms with van der Waals surface area (Å²) in [6.45, 7) is 10.1. The third-order valence-electron chi connectivity index (χ3n) is 3.50. The summed E-state index contributed by atoms with van der Waals surface area (Å²) >= 11 is 0. The van der Waals surface area contributed by atoms with Gasteiger partial charge in [0.25, 0.3) is 0 Å². The average Bonchev–Trinajstić information content (AvgIpc) is 2.32. The summed E-state index contributed by atoms with van der Waals surface area (Å²) in [5.41, 5.74) is 3.01. The largest absolute Gasteiger partial charge is 0.466 e. The minimum Gasteiger partial charge on any atom is -0.466 e. The molecule has 3 heteroatoms. The van der Waals surface area contributed by atoms with Crippen molar-refractivity contribution in [2.75, 3.05) is 6.61 Å². The molecule has 0 aliphatic heterocycles. The van der Waals surface area contributed by atoms with Crippen molar-refractivity contribution in [3.8, 4) is 0 Å². The lowest BCUT2D eigenvalue weighted by Gasteiger charge is -2.22. The highest BCUT2D eigenvalue weighted by molar-refractivity contribution is 5.82. The van der Waals surface area contributed by atoms with Crippen molar-refractivity contribution in [1.29, 1.82) is 0 Å². The maximum absolute atomic E-state index is 12.3. The van der Waals surface area contributed by atoms with E-state index in [9.17, 15) is 9.59 Å². The van der Waals surface area contributed by atoms with Crippen LogP contribution in [0.3, 0.4) is 0 Å². The topological polar surface area (TPSA) is 43.4 Å². The van der Waals surface area contributed by atoms with Gasteiger partial charge in [0.05, 0.1) is 13.0 Å². The van der Waals surface area contributed by atoms with Crippen LogP contribution in [0.4, 0.5) is 0 Å². The summed E-state index contributed by atoms with van der Waals surface area (Å²) in [7, 11) is 0. The molecule has 0 unspecified atom stereocenters. The van der Waals surface area contributed by atoms with Crippen molar-refractivity contribution < 1.29 is 14.3 Å². The average molecular weight is 290 g/mol. The van der Waals surface area contributed by atoms with Gasteiger partial charge in [-0.2, -0.15) is 0 Å². The number of aryl methyl sites for hydroxylation is 2. The summed E-state index contributed by atoms with van der Waals surface area (Å²) in [6.07, 6.45) is 1.10. The molecule has 0 bridgehead atoms. The molecule has 0 fully saturated rings. The quantitative estimate of drug-likeness (QED) is 0.718. The molecule has 0 atom stereocenters. The zero-order valence-electron chi connectivity index (χ0n) is 13.8. The van der Waals surface area contributed by atoms with Crippen molar-refractivity contribution in [3.05, 3.63) is 34.9 Å². The first-order valence-corrected chi connectivity index (χ1v) is 7.47. The SMILES string of the molecule is CCOC(=O)CC(C)(C)CC(=O)Cc1cc(C)ccc1C. The van der Waals surface area contributed by atoms with E-state index < -0.39 is 0 Å². The van der Waals surface area contributed by atoms with Gasteiger partial charge in [-0.05, 0) is 37.3 Å². The number of carbonyl (C=O) groups excluding carboxylic acids is 2. The Morgan fingerprint density at radius 2 is 1.81 bits per heavy atom. The Labute approximate surface area is 127 Å². The van der Waals surface area contributed by atoms with Crippen LogP contribution in [0.15, 0.2) is 18.2 Å². The van der Waals surface area contributed by atoms with Crippen molar-refractivity contribution >= 4 is 11.8 Å². The van der Waals surface area contributed by atoms with E-state index in [1.54, 1.807) is 6.92 Å². The maximum Gasteiger partial charge on any atom is 0.306 e. The standard InChI is InChI=1S/C18H26O3/c1-6-21-17(20)12-18(4,5)11-16(19)10-15-9-13(2)7-8-14(15)3/h7-9H,6,10-12H2,1-5H3. The fraction of sp³-hybridized carbons (Fsp3) is 0.556. The van der Waals surface area contributed by atoms with Crippen LogP contribution in [0.2, 0.25) is 0 Å². The number of ether oxygens (including phenoxy) is 1. The van der Waals surface area contributed by atoms with Gasteiger partial charge < -0.3 is 4.74 Å². The molecule has 1 aromatic carbocycles. The van der Waals surface area contributed by atoms with Crippen LogP contribution < -0.4 is 0 Å². The Balaban J connectivity index is 2.64. The van der Waals surface area contributed by atoms with Gasteiger partial charge in [-0.15, -0.1) is 0 Å². The molecule has 0 N–H and O–H groups in total. The lowest BCUT2D eigenvalue weighted by atomic mass is 9.82. The molecule has 0 saturated heterocycles. The van der Waals surface area contributed by atoms with E-state index in [4.69, 9.17) is 4.74 Å². The first-order chi connectivity index (χ1) is 9.73. The number of hydrogen-bond donors (Lipinski definition) is 0. The number of esters is 1. The Hall–Kier alpha value is -1.64. The van der Waals surface area contributed by atoms with Crippen LogP contribution in [0.5, 0.6) is 0 Å². The van der Waals surface area contributed by atoms with Gasteiger partial charge in [0.15, 0.2) is 0 Å². The van der Waals surface area contributed by atoms with Crippen molar-refractivity contribution in [1.82, 2.24) is 0 Å². The molecular formula is C18H26O3. The monoisotopic (exact) mass is 290 g/mol. The van der Waals surface area contributed by atoms with Crippen LogP contribution in [0.25, 0.3) is 0 Å². The molecule has 0 radical (unpaired) electrons. The molecule has 1 aromatic rings. The van der Waals surface area contributed by atoms with Gasteiger partial charge in [0, 0.05) is 12.8 Å². The van der Waals surface area contributed by atoms with Gasteiger partial charge >= 0.3 is 5.97 Å². The van der Waals surface area contributed by atoms with Crippen molar-refractivity contribution in [2.24, 2.45) is 5.41 Å². The number of carbonyl (C=O) groups is 2. The van der Waals surface area contributed by atoms with Crippen LogP contribution >= 0.6 is 0 Å². The normalized spacial score (nSPS) is 11.3. The third-order valence-corrected chi connectivity index (χ3v) is 3.50. The fourth-order valence-electron chi connectivity index (χ4n) is 2.46. The van der Waals surface area contributed by atoms with E-state index in [0.29, 0.717) is 19.4 Å². The molecule has 21 heavy (non-hydrogen) atoms. The van der Waals surface area contributed by atoms with E-state index in [0.717, 1.165) is 16.7 Å². The summed E-state index contributed by atoms with van der Waals surface area (Å²) in [5.74, 6) is -0.0694. The molecule has 0 spiro atoms. The number of Topliss-reactive ketones (excluding diaryl/α,β-unsaturated/α-hetero) is 1. The highest BCUT2D eigenvalue weighted by atomic mass is 16.5. The molecule has 3 nitrogen and oxygen atoms in total. The fourth-order valence-corrected chi connectivity index (χ4v) is 2.46. The maximum atomic E-state index is 12.3. The predicted octanol–water partition coefficient (Wildman–Crippen LogP) is 3.78. The molecular weight excluding hydrogens is 264 g/mol. The summed E-state index contributed by atoms with van der Waals surface area (Å²) < 4.78 is 4.96. The van der Waals surface area contributed by atoms with Crippen LogP contribution in [0, 0.1) is 19.3 Å². The minimum atomic E-state index is -0.360. The van der Waals surface area contributed by atoms with E-state index in [1.165, 1.54) is 0 Å². The van der Waals surface area contributed by atoms with Crippen LogP contribution in [0.1, 0.15) is 50.3 Å². The Morgan fingerprint density at radius 3 is 2.43 bits per heavy atom. The summed E-state index contributed by atoms with van der Waals surface area (Å²) in [6, 6.07) is 6.15. The Morgan fingerprint density at radius 1 is 1.14 bits per heavy atom. The predicted molar refractivity (Wildman–Crippen MR) is 84.3 cm³/mol. The van der Waals surface area contributed by atoms with Gasteiger partial charge in [0.2, 0.25) is 0 Å². The number of hydrogen-bond acceptors (Lipinski definition) is 3. The minimum absolute atomic E-state index is 0.165. The molecule has 116 valence electrons. The molecule has 0 aliphatic rings. The number of rotatable bonds is 7. The summed E-state index contributed by atoms with van der Waals surface area (Å²) in [5, 5.41) is 0. The van der Waals surface area contributed by atoms with E-state index >= 15 is 0 Å². The van der Waals surface area contributed by atoms with E-state index in [-0.39, 0.29) is 23.6 Å². The van der Waals surface area contributed by atoms with E-state index in [2.05, 4.69) is 6.07 Å². The Kier molecular flexibility index (Phi) is 6.13. The molecule has 0 aliphatic carbocycles. The lowest BCUT2D eigenvalue weighted by Crippen LogP contribution is -2.23. The number of benzene rings is 1.